The number of hydrogen-bond acceptors (Lipinski definition) is 11. The van der Waals surface area contributed by atoms with E-state index in [0.717, 1.165) is 4.34 Å². The van der Waals surface area contributed by atoms with Crippen LogP contribution in [0.5, 0.6) is 0 Å². The Kier molecular flexibility index (Phi) is 7.81. The maximum absolute atomic E-state index is 12.6. The van der Waals surface area contributed by atoms with Crippen LogP contribution >= 0.6 is 46.2 Å². The number of nitrogens with two attached hydrogens (primary N) is 1. The van der Waals surface area contributed by atoms with Gasteiger partial charge in [-0.05, 0) is 5.57 Å². The first kappa shape index (κ1) is 23.5. The fourth-order valence-corrected chi connectivity index (χ4v) is 6.50. The van der Waals surface area contributed by atoms with Crippen molar-refractivity contribution in [1.82, 2.24) is 25.4 Å². The van der Waals surface area contributed by atoms with Crippen LogP contribution in [0.2, 0.25) is 0 Å². The summed E-state index contributed by atoms with van der Waals surface area (Å²) in [5, 5.41) is 21.7. The van der Waals surface area contributed by atoms with Crippen LogP contribution in [0, 0.1) is 0 Å². The van der Waals surface area contributed by atoms with Crippen LogP contribution in [0.25, 0.3) is 0 Å². The van der Waals surface area contributed by atoms with Gasteiger partial charge >= 0.3 is 35.5 Å². The number of carbonyl (C=O) groups is 3. The number of thiazole rings is 1. The average molecular weight is 495 g/mol. The molecule has 10 nitrogen and oxygen atoms in total. The first-order valence-electron chi connectivity index (χ1n) is 8.22. The van der Waals surface area contributed by atoms with Gasteiger partial charge in [-0.15, -0.1) is 33.3 Å². The number of rotatable bonds is 7. The Bertz CT molecular complexity index is 997. The molecule has 0 bridgehead atoms. The number of aliphatic carboxylic acids is 1. The Morgan fingerprint density at radius 1 is 1.40 bits per heavy atom. The number of nitrogen functional groups attached to an aromatic ring is 1. The van der Waals surface area contributed by atoms with Gasteiger partial charge in [-0.3, -0.25) is 14.5 Å². The molecule has 1 fully saturated rings. The van der Waals surface area contributed by atoms with Gasteiger partial charge in [0.15, 0.2) is 9.47 Å². The van der Waals surface area contributed by atoms with E-state index in [1.165, 1.54) is 51.1 Å². The molecule has 4 rings (SSSR count). The molecule has 2 atom stereocenters. The average Bonchev–Trinajstić information content (AvgIpc) is 3.35. The standard InChI is InChI=1S/C15H14N6O4S4.Na.H/c16-14-18-7(4-27-14)1-8(22)19-9-11(23)21-10(13(24)25)6(2-26-12(9)21)3-28-15-20-17-5-29-15;;/h4-5,9,12H,1-3H2,(H2,16,18)(H,19,22)(H,24,25);;/t9?,12-;;/m1../s1. The maximum atomic E-state index is 12.6. The second kappa shape index (κ2) is 9.97. The Labute approximate surface area is 209 Å². The number of hydrogen-bond donors (Lipinski definition) is 3. The number of β-lactam (4-membered cyclic amide) rings is 1. The molecular formula is C15H15N6NaO4S4. The third kappa shape index (κ3) is 4.84. The minimum atomic E-state index is -1.15. The van der Waals surface area contributed by atoms with E-state index in [1.54, 1.807) is 10.9 Å². The third-order valence-corrected chi connectivity index (χ3v) is 8.20. The van der Waals surface area contributed by atoms with Crippen LogP contribution in [0.4, 0.5) is 5.13 Å². The SMILES string of the molecule is Nc1nc(CC(=O)NC2C(=O)N3C(C(=O)O)=C(CSc4nncs4)CS[C@H]23)cs1.[NaH]. The summed E-state index contributed by atoms with van der Waals surface area (Å²) >= 11 is 5.43. The molecule has 4 N–H and O–H groups in total. The fourth-order valence-electron chi connectivity index (χ4n) is 2.96. The summed E-state index contributed by atoms with van der Waals surface area (Å²) in [6.07, 6.45) is 0.0141. The molecule has 2 aromatic heterocycles. The second-order valence-electron chi connectivity index (χ2n) is 6.06. The molecule has 30 heavy (non-hydrogen) atoms. The number of fused-ring (bicyclic) bond motifs is 1. The Morgan fingerprint density at radius 2 is 2.20 bits per heavy atom. The van der Waals surface area contributed by atoms with Crippen LogP contribution < -0.4 is 11.1 Å². The van der Waals surface area contributed by atoms with Gasteiger partial charge in [-0.25, -0.2) is 9.78 Å². The minimum absolute atomic E-state index is 0. The van der Waals surface area contributed by atoms with Crippen molar-refractivity contribution in [3.63, 3.8) is 0 Å². The number of nitrogens with zero attached hydrogens (tertiary/aromatic N) is 4. The van der Waals surface area contributed by atoms with E-state index >= 15 is 0 Å². The normalized spacial score (nSPS) is 20.3. The number of nitrogens with one attached hydrogen (secondary N) is 1. The topological polar surface area (TPSA) is 151 Å². The molecule has 0 aliphatic carbocycles. The van der Waals surface area contributed by atoms with Gasteiger partial charge in [0.05, 0.1) is 12.1 Å². The van der Waals surface area contributed by atoms with Crippen LogP contribution in [-0.2, 0) is 20.8 Å². The van der Waals surface area contributed by atoms with Crippen molar-refractivity contribution in [2.45, 2.75) is 22.2 Å². The molecule has 0 saturated carbocycles. The summed E-state index contributed by atoms with van der Waals surface area (Å²) in [6, 6.07) is -0.754. The Balaban J connectivity index is 0.00000256. The fraction of sp³-hybridized carbons (Fsp3) is 0.333. The molecule has 1 saturated heterocycles. The van der Waals surface area contributed by atoms with E-state index < -0.39 is 23.3 Å². The van der Waals surface area contributed by atoms with Gasteiger partial charge in [0.1, 0.15) is 22.6 Å². The molecule has 154 valence electrons. The van der Waals surface area contributed by atoms with Crippen LogP contribution in [0.1, 0.15) is 5.69 Å². The van der Waals surface area contributed by atoms with Crippen molar-refractivity contribution in [3.05, 3.63) is 27.9 Å². The molecule has 2 aromatic rings. The van der Waals surface area contributed by atoms with Crippen molar-refractivity contribution >= 4 is 98.7 Å². The number of aromatic nitrogens is 3. The Hall–Kier alpha value is -1.16. The number of carboxylic acids is 1. The molecule has 0 aromatic carbocycles. The monoisotopic (exact) mass is 494 g/mol. The molecule has 15 heteroatoms. The molecule has 2 aliphatic heterocycles. The van der Waals surface area contributed by atoms with E-state index in [9.17, 15) is 19.5 Å². The Morgan fingerprint density at radius 3 is 2.83 bits per heavy atom. The van der Waals surface area contributed by atoms with Crippen molar-refractivity contribution in [1.29, 1.82) is 0 Å². The zero-order chi connectivity index (χ0) is 20.5. The van der Waals surface area contributed by atoms with Gasteiger partial charge in [0.2, 0.25) is 5.91 Å². The quantitative estimate of drug-likeness (QED) is 0.272. The molecule has 1 unspecified atom stereocenters. The zero-order valence-electron chi connectivity index (χ0n) is 14.6. The number of carboxylic acid groups (broad SMARTS) is 1. The predicted molar refractivity (Wildman–Crippen MR) is 118 cm³/mol. The molecule has 0 spiro atoms. The summed E-state index contributed by atoms with van der Waals surface area (Å²) in [5.41, 5.74) is 8.34. The number of carbonyl (C=O) groups excluding carboxylic acids is 2. The van der Waals surface area contributed by atoms with E-state index in [4.69, 9.17) is 5.73 Å². The van der Waals surface area contributed by atoms with Crippen LogP contribution in [0.3, 0.4) is 0 Å². The molecule has 2 amide bonds. The number of anilines is 1. The van der Waals surface area contributed by atoms with Crippen molar-refractivity contribution < 1.29 is 19.5 Å². The van der Waals surface area contributed by atoms with Gasteiger partial charge < -0.3 is 16.2 Å². The van der Waals surface area contributed by atoms with Crippen molar-refractivity contribution in [2.75, 3.05) is 17.2 Å². The van der Waals surface area contributed by atoms with Gasteiger partial charge in [0, 0.05) is 16.9 Å². The number of thioether (sulfide) groups is 2. The molecule has 4 heterocycles. The molecule has 2 aliphatic rings. The van der Waals surface area contributed by atoms with Gasteiger partial charge in [-0.2, -0.15) is 0 Å². The molecule has 0 radical (unpaired) electrons. The number of amides is 2. The summed E-state index contributed by atoms with van der Waals surface area (Å²) in [5.74, 6) is -1.07. The first-order valence-corrected chi connectivity index (χ1v) is 12.0. The molecular weight excluding hydrogens is 479 g/mol. The van der Waals surface area contributed by atoms with Crippen molar-refractivity contribution in [2.24, 2.45) is 0 Å². The van der Waals surface area contributed by atoms with Gasteiger partial charge in [-0.1, -0.05) is 23.1 Å². The second-order valence-corrected chi connectivity index (χ2v) is 10.1. The van der Waals surface area contributed by atoms with Crippen LogP contribution in [-0.4, -0.2) is 95.5 Å². The summed E-state index contributed by atoms with van der Waals surface area (Å²) in [6.45, 7) is 0. The third-order valence-electron chi connectivity index (χ3n) is 4.19. The van der Waals surface area contributed by atoms with Crippen molar-refractivity contribution in [3.8, 4) is 0 Å². The van der Waals surface area contributed by atoms with Crippen LogP contribution in [0.15, 0.2) is 26.5 Å². The van der Waals surface area contributed by atoms with E-state index in [2.05, 4.69) is 20.5 Å². The summed E-state index contributed by atoms with van der Waals surface area (Å²) in [7, 11) is 0. The predicted octanol–water partition coefficient (Wildman–Crippen LogP) is 0.00170. The summed E-state index contributed by atoms with van der Waals surface area (Å²) < 4.78 is 0.733. The van der Waals surface area contributed by atoms with E-state index in [-0.39, 0.29) is 47.6 Å². The zero-order valence-corrected chi connectivity index (χ0v) is 17.9. The summed E-state index contributed by atoms with van der Waals surface area (Å²) in [4.78, 5) is 42.0. The van der Waals surface area contributed by atoms with E-state index in [0.29, 0.717) is 27.9 Å². The first-order chi connectivity index (χ1) is 13.9. The van der Waals surface area contributed by atoms with Gasteiger partial charge in [0.25, 0.3) is 5.91 Å². The van der Waals surface area contributed by atoms with E-state index in [1.807, 2.05) is 0 Å².